The first-order valence-electron chi connectivity index (χ1n) is 5.27. The van der Waals surface area contributed by atoms with Gasteiger partial charge in [0.2, 0.25) is 0 Å². The highest BCUT2D eigenvalue weighted by atomic mass is 79.9. The van der Waals surface area contributed by atoms with Crippen molar-refractivity contribution in [1.29, 1.82) is 0 Å². The predicted molar refractivity (Wildman–Crippen MR) is 65.0 cm³/mol. The van der Waals surface area contributed by atoms with Crippen LogP contribution in [0.3, 0.4) is 0 Å². The van der Waals surface area contributed by atoms with E-state index in [2.05, 4.69) is 15.9 Å². The average Bonchev–Trinajstić information content (AvgIpc) is 3.00. The standard InChI is InChI=1S/C12H13BrFNO2/c1-15(17-2)12(16)10-9(11(10)14)7-3-5-8(13)6-4-7/h3-6,9-11H,1-2H3. The summed E-state index contributed by atoms with van der Waals surface area (Å²) in [6.45, 7) is 0. The highest BCUT2D eigenvalue weighted by molar-refractivity contribution is 9.10. The lowest BCUT2D eigenvalue weighted by Gasteiger charge is -2.12. The molecule has 5 heteroatoms. The van der Waals surface area contributed by atoms with E-state index >= 15 is 0 Å². The van der Waals surface area contributed by atoms with Gasteiger partial charge in [-0.1, -0.05) is 28.1 Å². The fourth-order valence-corrected chi connectivity index (χ4v) is 2.20. The number of rotatable bonds is 3. The molecule has 3 atom stereocenters. The van der Waals surface area contributed by atoms with Crippen molar-refractivity contribution in [2.75, 3.05) is 14.2 Å². The SMILES string of the molecule is CON(C)C(=O)C1C(F)C1c1ccc(Br)cc1. The summed E-state index contributed by atoms with van der Waals surface area (Å²) in [4.78, 5) is 16.5. The number of carbonyl (C=O) groups is 1. The molecule has 0 heterocycles. The third-order valence-electron chi connectivity index (χ3n) is 3.06. The van der Waals surface area contributed by atoms with E-state index in [-0.39, 0.29) is 11.8 Å². The largest absolute Gasteiger partial charge is 0.275 e. The minimum atomic E-state index is -1.11. The molecule has 1 aromatic carbocycles. The number of hydroxylamine groups is 2. The highest BCUT2D eigenvalue weighted by Gasteiger charge is 2.57. The molecule has 3 unspecified atom stereocenters. The fourth-order valence-electron chi connectivity index (χ4n) is 1.94. The molecule has 0 aliphatic heterocycles. The van der Waals surface area contributed by atoms with E-state index in [1.54, 1.807) is 0 Å². The van der Waals surface area contributed by atoms with Gasteiger partial charge in [-0.2, -0.15) is 0 Å². The summed E-state index contributed by atoms with van der Waals surface area (Å²) in [5, 5.41) is 1.08. The summed E-state index contributed by atoms with van der Waals surface area (Å²) in [6.07, 6.45) is -1.11. The zero-order valence-electron chi connectivity index (χ0n) is 9.56. The van der Waals surface area contributed by atoms with Crippen molar-refractivity contribution in [2.24, 2.45) is 5.92 Å². The zero-order valence-corrected chi connectivity index (χ0v) is 11.1. The first-order chi connectivity index (χ1) is 8.06. The molecule has 0 N–H and O–H groups in total. The molecule has 1 aliphatic rings. The maximum atomic E-state index is 13.7. The third-order valence-corrected chi connectivity index (χ3v) is 3.59. The minimum Gasteiger partial charge on any atom is -0.275 e. The molecule has 0 aromatic heterocycles. The topological polar surface area (TPSA) is 29.5 Å². The molecule has 92 valence electrons. The molecule has 3 nitrogen and oxygen atoms in total. The number of halogens is 2. The van der Waals surface area contributed by atoms with Gasteiger partial charge < -0.3 is 0 Å². The fraction of sp³-hybridized carbons (Fsp3) is 0.417. The molecular weight excluding hydrogens is 289 g/mol. The summed E-state index contributed by atoms with van der Waals surface area (Å²) >= 11 is 3.32. The minimum absolute atomic E-state index is 0.312. The van der Waals surface area contributed by atoms with Gasteiger partial charge in [-0.3, -0.25) is 9.63 Å². The average molecular weight is 302 g/mol. The molecule has 0 bridgehead atoms. The van der Waals surface area contributed by atoms with Crippen molar-refractivity contribution < 1.29 is 14.0 Å². The number of amides is 1. The van der Waals surface area contributed by atoms with Gasteiger partial charge in [0, 0.05) is 17.4 Å². The predicted octanol–water partition coefficient (Wildman–Crippen LogP) is 2.52. The second kappa shape index (κ2) is 4.74. The van der Waals surface area contributed by atoms with Crippen LogP contribution in [0.1, 0.15) is 11.5 Å². The Hall–Kier alpha value is -0.940. The first-order valence-corrected chi connectivity index (χ1v) is 6.06. The molecule has 0 saturated heterocycles. The van der Waals surface area contributed by atoms with E-state index in [0.29, 0.717) is 0 Å². The van der Waals surface area contributed by atoms with Crippen molar-refractivity contribution in [2.45, 2.75) is 12.1 Å². The Morgan fingerprint density at radius 3 is 2.53 bits per heavy atom. The van der Waals surface area contributed by atoms with Gasteiger partial charge in [0.05, 0.1) is 13.0 Å². The molecule has 1 amide bonds. The normalized spacial score (nSPS) is 26.7. The lowest BCUT2D eigenvalue weighted by molar-refractivity contribution is -0.170. The van der Waals surface area contributed by atoms with Crippen LogP contribution < -0.4 is 0 Å². The Morgan fingerprint density at radius 2 is 2.00 bits per heavy atom. The van der Waals surface area contributed by atoms with Gasteiger partial charge in [-0.25, -0.2) is 9.45 Å². The van der Waals surface area contributed by atoms with Gasteiger partial charge in [0.25, 0.3) is 5.91 Å². The van der Waals surface area contributed by atoms with Crippen molar-refractivity contribution in [3.05, 3.63) is 34.3 Å². The third kappa shape index (κ3) is 2.35. The monoisotopic (exact) mass is 301 g/mol. The van der Waals surface area contributed by atoms with Gasteiger partial charge >= 0.3 is 0 Å². The highest BCUT2D eigenvalue weighted by Crippen LogP contribution is 2.51. The molecule has 0 spiro atoms. The van der Waals surface area contributed by atoms with E-state index < -0.39 is 12.1 Å². The lowest BCUT2D eigenvalue weighted by atomic mass is 10.1. The quantitative estimate of drug-likeness (QED) is 0.803. The Labute approximate surface area is 108 Å². The number of hydrogen-bond donors (Lipinski definition) is 0. The molecular formula is C12H13BrFNO2. The number of carbonyl (C=O) groups excluding carboxylic acids is 1. The maximum absolute atomic E-state index is 13.7. The van der Waals surface area contributed by atoms with E-state index in [4.69, 9.17) is 4.84 Å². The Morgan fingerprint density at radius 1 is 1.41 bits per heavy atom. The number of hydrogen-bond acceptors (Lipinski definition) is 2. The Balaban J connectivity index is 2.10. The van der Waals surface area contributed by atoms with Crippen LogP contribution in [-0.2, 0) is 9.63 Å². The van der Waals surface area contributed by atoms with Crippen molar-refractivity contribution in [1.82, 2.24) is 5.06 Å². The van der Waals surface area contributed by atoms with Crippen LogP contribution in [0.25, 0.3) is 0 Å². The van der Waals surface area contributed by atoms with Gasteiger partial charge in [0.15, 0.2) is 0 Å². The Bertz CT molecular complexity index is 423. The molecule has 1 saturated carbocycles. The Kier molecular flexibility index (Phi) is 3.49. The van der Waals surface area contributed by atoms with Crippen LogP contribution in [0, 0.1) is 5.92 Å². The molecule has 0 radical (unpaired) electrons. The van der Waals surface area contributed by atoms with E-state index in [0.717, 1.165) is 15.1 Å². The number of alkyl halides is 1. The summed E-state index contributed by atoms with van der Waals surface area (Å²) in [5.41, 5.74) is 0.851. The van der Waals surface area contributed by atoms with Crippen molar-refractivity contribution in [3.8, 4) is 0 Å². The van der Waals surface area contributed by atoms with Crippen molar-refractivity contribution >= 4 is 21.8 Å². The first kappa shape index (κ1) is 12.5. The zero-order chi connectivity index (χ0) is 12.6. The molecule has 1 aromatic rings. The number of benzene rings is 1. The van der Waals surface area contributed by atoms with Gasteiger partial charge in [-0.05, 0) is 17.7 Å². The maximum Gasteiger partial charge on any atom is 0.252 e. The van der Waals surface area contributed by atoms with Crippen LogP contribution in [0.2, 0.25) is 0 Å². The van der Waals surface area contributed by atoms with Crippen LogP contribution >= 0.6 is 15.9 Å². The van der Waals surface area contributed by atoms with E-state index in [1.807, 2.05) is 24.3 Å². The molecule has 1 aliphatic carbocycles. The van der Waals surface area contributed by atoms with E-state index in [9.17, 15) is 9.18 Å². The smallest absolute Gasteiger partial charge is 0.252 e. The summed E-state index contributed by atoms with van der Waals surface area (Å²) in [6, 6.07) is 7.37. The molecule has 1 fully saturated rings. The van der Waals surface area contributed by atoms with Crippen molar-refractivity contribution in [3.63, 3.8) is 0 Å². The van der Waals surface area contributed by atoms with E-state index in [1.165, 1.54) is 14.2 Å². The summed E-state index contributed by atoms with van der Waals surface area (Å²) < 4.78 is 14.6. The van der Waals surface area contributed by atoms with Crippen LogP contribution in [0.5, 0.6) is 0 Å². The van der Waals surface area contributed by atoms with Crippen LogP contribution in [-0.4, -0.2) is 31.3 Å². The second-order valence-electron chi connectivity index (χ2n) is 4.07. The summed E-state index contributed by atoms with van der Waals surface area (Å²) in [7, 11) is 2.88. The number of nitrogens with zero attached hydrogens (tertiary/aromatic N) is 1. The molecule has 2 rings (SSSR count). The summed E-state index contributed by atoms with van der Waals surface area (Å²) in [5.74, 6) is -1.26. The lowest BCUT2D eigenvalue weighted by Crippen LogP contribution is -2.27. The van der Waals surface area contributed by atoms with Gasteiger partial charge in [-0.15, -0.1) is 0 Å². The van der Waals surface area contributed by atoms with Crippen LogP contribution in [0.15, 0.2) is 28.7 Å². The van der Waals surface area contributed by atoms with Gasteiger partial charge in [0.1, 0.15) is 6.17 Å². The molecule has 17 heavy (non-hydrogen) atoms. The van der Waals surface area contributed by atoms with Crippen LogP contribution in [0.4, 0.5) is 4.39 Å². The second-order valence-corrected chi connectivity index (χ2v) is 4.98.